The number of hydrogen-bond donors (Lipinski definition) is 1. The molecule has 2 nitrogen and oxygen atoms in total. The van der Waals surface area contributed by atoms with Crippen molar-refractivity contribution in [3.63, 3.8) is 0 Å². The maximum Gasteiger partial charge on any atom is 0.335 e. The average Bonchev–Trinajstić information content (AvgIpc) is 2.73. The molecule has 0 aromatic heterocycles. The van der Waals surface area contributed by atoms with E-state index in [0.717, 1.165) is 17.6 Å². The molecule has 0 aliphatic heterocycles. The number of carboxylic acids is 1. The molecule has 2 aromatic rings. The van der Waals surface area contributed by atoms with Gasteiger partial charge in [0, 0.05) is 0 Å². The minimum atomic E-state index is -0.893. The highest BCUT2D eigenvalue weighted by Gasteiger charge is 2.41. The minimum absolute atomic E-state index is 0.168. The Morgan fingerprint density at radius 2 is 1.40 bits per heavy atom. The summed E-state index contributed by atoms with van der Waals surface area (Å²) >= 11 is 0. The Kier molecular flexibility index (Phi) is 4.10. The van der Waals surface area contributed by atoms with Gasteiger partial charge in [0.25, 0.3) is 0 Å². The molecule has 0 atom stereocenters. The molecule has 0 saturated carbocycles. The lowest BCUT2D eigenvalue weighted by molar-refractivity contribution is 0.0697. The Bertz CT molecular complexity index is 852. The van der Waals surface area contributed by atoms with Crippen LogP contribution in [0.3, 0.4) is 0 Å². The fourth-order valence-electron chi connectivity index (χ4n) is 4.45. The molecule has 0 unspecified atom stereocenters. The second kappa shape index (κ2) is 5.87. The molecule has 0 heterocycles. The largest absolute Gasteiger partial charge is 0.478 e. The van der Waals surface area contributed by atoms with E-state index < -0.39 is 5.97 Å². The number of allylic oxidation sites excluding steroid dienone is 1. The zero-order chi connectivity index (χ0) is 18.4. The summed E-state index contributed by atoms with van der Waals surface area (Å²) in [5, 5.41) is 9.09. The van der Waals surface area contributed by atoms with Gasteiger partial charge in [0.1, 0.15) is 0 Å². The van der Waals surface area contributed by atoms with Gasteiger partial charge >= 0.3 is 5.97 Å². The fourth-order valence-corrected chi connectivity index (χ4v) is 4.45. The summed E-state index contributed by atoms with van der Waals surface area (Å²) in [5.41, 5.74) is 6.93. The summed E-state index contributed by atoms with van der Waals surface area (Å²) in [4.78, 5) is 11.1. The highest BCUT2D eigenvalue weighted by Crippen LogP contribution is 2.49. The summed E-state index contributed by atoms with van der Waals surface area (Å²) < 4.78 is 0. The van der Waals surface area contributed by atoms with Gasteiger partial charge in [0.05, 0.1) is 5.56 Å². The molecule has 2 aromatic carbocycles. The van der Waals surface area contributed by atoms with Crippen LogP contribution >= 0.6 is 0 Å². The lowest BCUT2D eigenvalue weighted by Crippen LogP contribution is -2.17. The van der Waals surface area contributed by atoms with Crippen LogP contribution in [0.15, 0.2) is 48.5 Å². The predicted molar refractivity (Wildman–Crippen MR) is 103 cm³/mol. The maximum atomic E-state index is 11.1. The maximum absolute atomic E-state index is 11.1. The van der Waals surface area contributed by atoms with Crippen LogP contribution in [-0.4, -0.2) is 11.1 Å². The third-order valence-corrected chi connectivity index (χ3v) is 5.40. The molecule has 130 valence electrons. The van der Waals surface area contributed by atoms with E-state index in [9.17, 15) is 4.79 Å². The first kappa shape index (κ1) is 17.5. The molecule has 1 aliphatic rings. The third kappa shape index (κ3) is 3.02. The number of hydrogen-bond acceptors (Lipinski definition) is 1. The Labute approximate surface area is 150 Å². The van der Waals surface area contributed by atoms with Crippen molar-refractivity contribution in [2.24, 2.45) is 0 Å². The molecule has 3 rings (SSSR count). The Balaban J connectivity index is 2.05. The van der Waals surface area contributed by atoms with Gasteiger partial charge in [-0.2, -0.15) is 0 Å². The molecule has 1 N–H and O–H groups in total. The molecule has 2 heteroatoms. The van der Waals surface area contributed by atoms with E-state index in [1.54, 1.807) is 12.1 Å². The predicted octanol–water partition coefficient (Wildman–Crippen LogP) is 5.80. The topological polar surface area (TPSA) is 37.3 Å². The van der Waals surface area contributed by atoms with Crippen LogP contribution in [0.25, 0.3) is 5.57 Å². The van der Waals surface area contributed by atoms with Gasteiger partial charge in [-0.3, -0.25) is 0 Å². The van der Waals surface area contributed by atoms with E-state index in [4.69, 9.17) is 5.11 Å². The van der Waals surface area contributed by atoms with Gasteiger partial charge in [0.15, 0.2) is 0 Å². The first-order valence-corrected chi connectivity index (χ1v) is 8.81. The van der Waals surface area contributed by atoms with Crippen LogP contribution in [0, 0.1) is 0 Å². The van der Waals surface area contributed by atoms with Gasteiger partial charge < -0.3 is 5.11 Å². The summed E-state index contributed by atoms with van der Waals surface area (Å²) in [7, 11) is 0. The summed E-state index contributed by atoms with van der Waals surface area (Å²) in [5.74, 6) is -0.893. The zero-order valence-corrected chi connectivity index (χ0v) is 15.7. The van der Waals surface area contributed by atoms with Crippen molar-refractivity contribution in [2.75, 3.05) is 0 Å². The van der Waals surface area contributed by atoms with E-state index in [-0.39, 0.29) is 10.8 Å². The Hall–Kier alpha value is -2.35. The highest BCUT2D eigenvalue weighted by molar-refractivity contribution is 5.89. The van der Waals surface area contributed by atoms with Gasteiger partial charge in [-0.15, -0.1) is 0 Å². The number of rotatable bonds is 3. The SMILES string of the molecule is C/C=C(\c1ccc(C(=O)O)cc1)c1ccc2c(c1)C(C)(C)CC2(C)C. The van der Waals surface area contributed by atoms with Crippen molar-refractivity contribution < 1.29 is 9.90 Å². The van der Waals surface area contributed by atoms with Crippen LogP contribution in [0.1, 0.15) is 73.7 Å². The number of carbonyl (C=O) groups is 1. The van der Waals surface area contributed by atoms with Crippen molar-refractivity contribution in [3.05, 3.63) is 76.4 Å². The molecule has 1 aliphatic carbocycles. The van der Waals surface area contributed by atoms with Gasteiger partial charge in [-0.1, -0.05) is 64.1 Å². The van der Waals surface area contributed by atoms with E-state index in [1.807, 2.05) is 19.1 Å². The minimum Gasteiger partial charge on any atom is -0.478 e. The smallest absolute Gasteiger partial charge is 0.335 e. The lowest BCUT2D eigenvalue weighted by atomic mass is 9.82. The van der Waals surface area contributed by atoms with Crippen LogP contribution in [0.2, 0.25) is 0 Å². The van der Waals surface area contributed by atoms with Crippen molar-refractivity contribution in [1.29, 1.82) is 0 Å². The van der Waals surface area contributed by atoms with Crippen LogP contribution in [0.5, 0.6) is 0 Å². The molecular formula is C23H26O2. The average molecular weight is 334 g/mol. The molecule has 0 amide bonds. The standard InChI is InChI=1S/C23H26O2/c1-6-18(15-7-9-16(10-8-15)21(24)25)17-11-12-19-20(13-17)23(4,5)14-22(19,2)3/h6-13H,14H2,1-5H3,(H,24,25)/b18-6+. The number of aromatic carboxylic acids is 1. The zero-order valence-electron chi connectivity index (χ0n) is 15.7. The second-order valence-electron chi connectivity index (χ2n) is 8.29. The van der Waals surface area contributed by atoms with E-state index in [0.29, 0.717) is 5.56 Å². The van der Waals surface area contributed by atoms with Gasteiger partial charge in [0.2, 0.25) is 0 Å². The summed E-state index contributed by atoms with van der Waals surface area (Å²) in [6.45, 7) is 11.3. The van der Waals surface area contributed by atoms with Crippen LogP contribution in [-0.2, 0) is 10.8 Å². The van der Waals surface area contributed by atoms with E-state index >= 15 is 0 Å². The van der Waals surface area contributed by atoms with Gasteiger partial charge in [-0.05, 0) is 64.1 Å². The Morgan fingerprint density at radius 1 is 0.880 bits per heavy atom. The van der Waals surface area contributed by atoms with E-state index in [2.05, 4.69) is 52.0 Å². The molecule has 0 spiro atoms. The van der Waals surface area contributed by atoms with E-state index in [1.165, 1.54) is 16.7 Å². The van der Waals surface area contributed by atoms with Crippen molar-refractivity contribution in [1.82, 2.24) is 0 Å². The normalized spacial score (nSPS) is 18.0. The van der Waals surface area contributed by atoms with Crippen molar-refractivity contribution in [3.8, 4) is 0 Å². The molecule has 0 saturated heterocycles. The quantitative estimate of drug-likeness (QED) is 0.770. The number of fused-ring (bicyclic) bond motifs is 1. The fraction of sp³-hybridized carbons (Fsp3) is 0.348. The van der Waals surface area contributed by atoms with Crippen molar-refractivity contribution in [2.45, 2.75) is 51.9 Å². The monoisotopic (exact) mass is 334 g/mol. The molecule has 25 heavy (non-hydrogen) atoms. The highest BCUT2D eigenvalue weighted by atomic mass is 16.4. The number of carboxylic acid groups (broad SMARTS) is 1. The lowest BCUT2D eigenvalue weighted by Gasteiger charge is -2.22. The molecule has 0 fully saturated rings. The molecule has 0 bridgehead atoms. The molecule has 0 radical (unpaired) electrons. The number of benzene rings is 2. The van der Waals surface area contributed by atoms with Gasteiger partial charge in [-0.25, -0.2) is 4.79 Å². The summed E-state index contributed by atoms with van der Waals surface area (Å²) in [6.07, 6.45) is 3.25. The first-order valence-electron chi connectivity index (χ1n) is 8.81. The van der Waals surface area contributed by atoms with Crippen LogP contribution < -0.4 is 0 Å². The third-order valence-electron chi connectivity index (χ3n) is 5.40. The van der Waals surface area contributed by atoms with Crippen molar-refractivity contribution >= 4 is 11.5 Å². The first-order chi connectivity index (χ1) is 11.7. The summed E-state index contributed by atoms with van der Waals surface area (Å²) in [6, 6.07) is 13.9. The Morgan fingerprint density at radius 3 is 1.96 bits per heavy atom. The molecular weight excluding hydrogens is 308 g/mol. The van der Waals surface area contributed by atoms with Crippen LogP contribution in [0.4, 0.5) is 0 Å². The second-order valence-corrected chi connectivity index (χ2v) is 8.29.